The van der Waals surface area contributed by atoms with E-state index in [9.17, 15) is 14.7 Å². The molecule has 188 valence electrons. The van der Waals surface area contributed by atoms with Crippen LogP contribution in [0.2, 0.25) is 0 Å². The van der Waals surface area contributed by atoms with Gasteiger partial charge in [-0.25, -0.2) is 9.97 Å². The van der Waals surface area contributed by atoms with E-state index in [4.69, 9.17) is 10.7 Å². The van der Waals surface area contributed by atoms with Gasteiger partial charge in [-0.05, 0) is 54.1 Å². The Morgan fingerprint density at radius 2 is 2.00 bits per heavy atom. The number of rotatable bonds is 5. The molecule has 0 saturated carbocycles. The van der Waals surface area contributed by atoms with E-state index in [1.54, 1.807) is 27.6 Å². The molecule has 6 rings (SSSR count). The number of hydrogen-bond donors (Lipinski definition) is 3. The highest BCUT2D eigenvalue weighted by atomic mass is 32.1. The maximum Gasteiger partial charge on any atom is 0.273 e. The summed E-state index contributed by atoms with van der Waals surface area (Å²) in [7, 11) is 0. The number of nitrogen functional groups attached to an aromatic ring is 1. The Bertz CT molecular complexity index is 1620. The second-order valence-electron chi connectivity index (χ2n) is 9.00. The molecule has 0 spiro atoms. The van der Waals surface area contributed by atoms with E-state index >= 15 is 0 Å². The van der Waals surface area contributed by atoms with Crippen molar-refractivity contribution >= 4 is 55.5 Å². The van der Waals surface area contributed by atoms with Crippen LogP contribution in [0, 0.1) is 0 Å². The number of amides is 2. The average Bonchev–Trinajstić information content (AvgIpc) is 3.64. The van der Waals surface area contributed by atoms with Crippen molar-refractivity contribution < 1.29 is 14.7 Å². The second-order valence-corrected chi connectivity index (χ2v) is 10.8. The first-order valence-electron chi connectivity index (χ1n) is 11.9. The van der Waals surface area contributed by atoms with Crippen molar-refractivity contribution in [1.29, 1.82) is 0 Å². The minimum Gasteiger partial charge on any atom is -0.393 e. The summed E-state index contributed by atoms with van der Waals surface area (Å²) in [4.78, 5) is 37.8. The number of thiazole rings is 1. The van der Waals surface area contributed by atoms with Crippen molar-refractivity contribution in [3.05, 3.63) is 70.2 Å². The number of nitrogens with zero attached hydrogens (tertiary/aromatic N) is 4. The largest absolute Gasteiger partial charge is 0.393 e. The number of fused-ring (bicyclic) bond motifs is 2. The Kier molecular flexibility index (Phi) is 6.11. The third kappa shape index (κ3) is 4.45. The highest BCUT2D eigenvalue weighted by Crippen LogP contribution is 2.30. The zero-order valence-corrected chi connectivity index (χ0v) is 21.4. The molecule has 1 aliphatic heterocycles. The summed E-state index contributed by atoms with van der Waals surface area (Å²) in [5.41, 5.74) is 10.2. The highest BCUT2D eigenvalue weighted by molar-refractivity contribution is 7.22. The Morgan fingerprint density at radius 3 is 2.78 bits per heavy atom. The number of imidazole rings is 1. The zero-order valence-electron chi connectivity index (χ0n) is 19.8. The van der Waals surface area contributed by atoms with Crippen molar-refractivity contribution in [3.8, 4) is 11.3 Å². The lowest BCUT2D eigenvalue weighted by Crippen LogP contribution is -2.40. The monoisotopic (exact) mass is 532 g/mol. The van der Waals surface area contributed by atoms with Crippen molar-refractivity contribution in [2.24, 2.45) is 0 Å². The fraction of sp³-hybridized carbons (Fsp3) is 0.231. The number of nitrogens with one attached hydrogen (secondary N) is 1. The van der Waals surface area contributed by atoms with Crippen LogP contribution in [-0.4, -0.2) is 55.4 Å². The van der Waals surface area contributed by atoms with Gasteiger partial charge in [-0.3, -0.25) is 14.0 Å². The molecule has 11 heteroatoms. The third-order valence-corrected chi connectivity index (χ3v) is 8.10. The summed E-state index contributed by atoms with van der Waals surface area (Å²) >= 11 is 2.93. The first-order valence-corrected chi connectivity index (χ1v) is 13.7. The number of hydrogen-bond acceptors (Lipinski definition) is 8. The molecular formula is C26H24N6O3S2. The predicted molar refractivity (Wildman–Crippen MR) is 145 cm³/mol. The summed E-state index contributed by atoms with van der Waals surface area (Å²) in [6.45, 7) is 1.28. The zero-order chi connectivity index (χ0) is 25.5. The summed E-state index contributed by atoms with van der Waals surface area (Å²) in [6, 6.07) is 11.2. The fourth-order valence-electron chi connectivity index (χ4n) is 4.64. The quantitative estimate of drug-likeness (QED) is 0.316. The first-order chi connectivity index (χ1) is 18.0. The Morgan fingerprint density at radius 1 is 1.16 bits per heavy atom. The number of piperidine rings is 1. The highest BCUT2D eigenvalue weighted by Gasteiger charge is 2.29. The van der Waals surface area contributed by atoms with Gasteiger partial charge in [-0.1, -0.05) is 17.4 Å². The molecule has 1 saturated heterocycles. The Labute approximate surface area is 220 Å². The molecule has 1 fully saturated rings. The lowest BCUT2D eigenvalue weighted by Gasteiger charge is -2.29. The van der Waals surface area contributed by atoms with E-state index in [0.29, 0.717) is 60.2 Å². The van der Waals surface area contributed by atoms with E-state index in [0.717, 1.165) is 21.3 Å². The number of aliphatic hydroxyl groups is 1. The molecule has 1 aromatic carbocycles. The van der Waals surface area contributed by atoms with E-state index in [-0.39, 0.29) is 17.9 Å². The molecule has 4 N–H and O–H groups in total. The van der Waals surface area contributed by atoms with Crippen LogP contribution in [0.25, 0.3) is 27.1 Å². The number of benzene rings is 1. The van der Waals surface area contributed by atoms with Gasteiger partial charge in [0.05, 0.1) is 21.9 Å². The Balaban J connectivity index is 1.33. The van der Waals surface area contributed by atoms with Gasteiger partial charge >= 0.3 is 0 Å². The van der Waals surface area contributed by atoms with Crippen LogP contribution in [0.5, 0.6) is 0 Å². The molecule has 0 radical (unpaired) electrons. The number of carbonyl (C=O) groups is 2. The number of pyridine rings is 1. The minimum atomic E-state index is -0.382. The molecule has 0 unspecified atom stereocenters. The number of aliphatic hydroxyl groups excluding tert-OH is 1. The molecule has 0 atom stereocenters. The summed E-state index contributed by atoms with van der Waals surface area (Å²) in [5, 5.41) is 17.3. The maximum absolute atomic E-state index is 13.7. The van der Waals surface area contributed by atoms with Gasteiger partial charge in [0.2, 0.25) is 0 Å². The fourth-order valence-corrected chi connectivity index (χ4v) is 6.08. The smallest absolute Gasteiger partial charge is 0.273 e. The normalized spacial score (nSPS) is 14.5. The van der Waals surface area contributed by atoms with Crippen LogP contribution in [0.1, 0.15) is 39.3 Å². The topological polar surface area (TPSA) is 126 Å². The van der Waals surface area contributed by atoms with Crippen LogP contribution >= 0.6 is 22.7 Å². The van der Waals surface area contributed by atoms with Gasteiger partial charge in [0.1, 0.15) is 11.4 Å². The van der Waals surface area contributed by atoms with E-state index in [1.165, 1.54) is 22.7 Å². The number of likely N-dealkylation sites (tertiary alicyclic amines) is 1. The molecule has 5 heterocycles. The molecule has 0 bridgehead atoms. The van der Waals surface area contributed by atoms with Crippen LogP contribution in [0.15, 0.2) is 53.4 Å². The summed E-state index contributed by atoms with van der Waals surface area (Å²) < 4.78 is 2.68. The van der Waals surface area contributed by atoms with E-state index < -0.39 is 0 Å². The molecule has 9 nitrogen and oxygen atoms in total. The Hall–Kier alpha value is -3.80. The molecule has 2 amide bonds. The van der Waals surface area contributed by atoms with E-state index in [1.807, 2.05) is 35.0 Å². The molecule has 37 heavy (non-hydrogen) atoms. The van der Waals surface area contributed by atoms with Crippen LogP contribution in [0.3, 0.4) is 0 Å². The summed E-state index contributed by atoms with van der Waals surface area (Å²) in [5.74, 6) is -0.438. The van der Waals surface area contributed by atoms with Crippen molar-refractivity contribution in [3.63, 3.8) is 0 Å². The maximum atomic E-state index is 13.7. The van der Waals surface area contributed by atoms with Crippen LogP contribution < -0.4 is 11.1 Å². The third-order valence-electron chi connectivity index (χ3n) is 6.57. The van der Waals surface area contributed by atoms with Gasteiger partial charge in [0.25, 0.3) is 11.8 Å². The molecule has 5 aromatic rings. The molecule has 1 aliphatic rings. The van der Waals surface area contributed by atoms with Gasteiger partial charge in [0, 0.05) is 36.8 Å². The lowest BCUT2D eigenvalue weighted by atomic mass is 10.1. The number of anilines is 1. The van der Waals surface area contributed by atoms with Gasteiger partial charge in [-0.2, -0.15) is 11.3 Å². The standard InChI is InChI=1S/C26H24N6O3S2/c27-26-29-19-4-3-15(12-20(19)37-26)13-28-24(34)18-2-1-8-32-22(25(35)31-9-5-17(33)6-10-31)21(30-23(18)32)16-7-11-36-14-16/h1-4,7-8,11-12,14,17,33H,5-6,9-10,13H2,(H2,27,29)(H,28,34). The number of carbonyl (C=O) groups excluding carboxylic acids is 2. The molecule has 0 aliphatic carbocycles. The second kappa shape index (κ2) is 9.58. The van der Waals surface area contributed by atoms with Gasteiger partial charge < -0.3 is 21.1 Å². The van der Waals surface area contributed by atoms with E-state index in [2.05, 4.69) is 10.3 Å². The minimum absolute atomic E-state index is 0.157. The number of nitrogens with two attached hydrogens (primary N) is 1. The van der Waals surface area contributed by atoms with Crippen molar-refractivity contribution in [2.45, 2.75) is 25.5 Å². The lowest BCUT2D eigenvalue weighted by molar-refractivity contribution is 0.0541. The van der Waals surface area contributed by atoms with Crippen LogP contribution in [-0.2, 0) is 6.54 Å². The number of thiophene rings is 1. The molecular weight excluding hydrogens is 508 g/mol. The van der Waals surface area contributed by atoms with Crippen molar-refractivity contribution in [2.75, 3.05) is 18.8 Å². The average molecular weight is 533 g/mol. The molecule has 4 aromatic heterocycles. The van der Waals surface area contributed by atoms with Crippen molar-refractivity contribution in [1.82, 2.24) is 24.6 Å². The number of aromatic nitrogens is 3. The SMILES string of the molecule is Nc1nc2ccc(CNC(=O)c3cccn4c(C(=O)N5CCC(O)CC5)c(-c5ccsc5)nc34)cc2s1. The predicted octanol–water partition coefficient (Wildman–Crippen LogP) is 3.78. The first kappa shape index (κ1) is 23.6. The van der Waals surface area contributed by atoms with Crippen LogP contribution in [0.4, 0.5) is 5.13 Å². The summed E-state index contributed by atoms with van der Waals surface area (Å²) in [6.07, 6.45) is 2.48. The van der Waals surface area contributed by atoms with Gasteiger partial charge in [0.15, 0.2) is 10.8 Å². The van der Waals surface area contributed by atoms with Gasteiger partial charge in [-0.15, -0.1) is 0 Å².